The summed E-state index contributed by atoms with van der Waals surface area (Å²) in [4.78, 5) is 4.27. The van der Waals surface area contributed by atoms with Gasteiger partial charge < -0.3 is 15.2 Å². The summed E-state index contributed by atoms with van der Waals surface area (Å²) < 4.78 is 11.3. The number of nitrogens with zero attached hydrogens (tertiary/aromatic N) is 1. The Labute approximate surface area is 123 Å². The Morgan fingerprint density at radius 3 is 2.30 bits per heavy atom. The maximum absolute atomic E-state index is 5.85. The average Bonchev–Trinajstić information content (AvgIpc) is 2.34. The predicted molar refractivity (Wildman–Crippen MR) is 80.6 cm³/mol. The third-order valence-corrected chi connectivity index (χ3v) is 2.56. The van der Waals surface area contributed by atoms with Crippen LogP contribution in [0.3, 0.4) is 0 Å². The summed E-state index contributed by atoms with van der Waals surface area (Å²) >= 11 is 5.83. The molecule has 0 atom stereocenters. The van der Waals surface area contributed by atoms with Gasteiger partial charge in [0.15, 0.2) is 0 Å². The summed E-state index contributed by atoms with van der Waals surface area (Å²) in [5.74, 6) is 1.43. The zero-order chi connectivity index (χ0) is 14.8. The fourth-order valence-corrected chi connectivity index (χ4v) is 1.61. The van der Waals surface area contributed by atoms with E-state index in [2.05, 4.69) is 4.98 Å². The van der Waals surface area contributed by atoms with E-state index in [0.717, 1.165) is 0 Å². The van der Waals surface area contributed by atoms with E-state index in [1.165, 1.54) is 0 Å². The molecule has 0 amide bonds. The summed E-state index contributed by atoms with van der Waals surface area (Å²) in [6, 6.07) is 10.4. The number of aromatic nitrogens is 1. The van der Waals surface area contributed by atoms with Crippen molar-refractivity contribution in [3.8, 4) is 17.5 Å². The number of hydrogen-bond acceptors (Lipinski definition) is 4. The Kier molecular flexibility index (Phi) is 4.04. The van der Waals surface area contributed by atoms with Crippen LogP contribution in [-0.4, -0.2) is 10.6 Å². The fraction of sp³-hybridized carbons (Fsp3) is 0.267. The van der Waals surface area contributed by atoms with E-state index in [1.807, 2.05) is 20.8 Å². The minimum atomic E-state index is -0.375. The highest BCUT2D eigenvalue weighted by molar-refractivity contribution is 6.30. The molecule has 2 N–H and O–H groups in total. The van der Waals surface area contributed by atoms with Crippen LogP contribution in [0, 0.1) is 0 Å². The van der Waals surface area contributed by atoms with Gasteiger partial charge in [-0.05, 0) is 51.1 Å². The largest absolute Gasteiger partial charge is 0.470 e. The van der Waals surface area contributed by atoms with Gasteiger partial charge in [-0.2, -0.15) is 4.98 Å². The van der Waals surface area contributed by atoms with Gasteiger partial charge in [-0.15, -0.1) is 0 Å². The molecular formula is C15H17ClN2O2. The second kappa shape index (κ2) is 5.59. The number of rotatable bonds is 3. The van der Waals surface area contributed by atoms with E-state index in [4.69, 9.17) is 26.8 Å². The van der Waals surface area contributed by atoms with Gasteiger partial charge in [-0.3, -0.25) is 0 Å². The SMILES string of the molecule is CC(C)(C)Oc1nc(Oc2ccc(Cl)cc2)ccc1N. The molecule has 4 nitrogen and oxygen atoms in total. The second-order valence-corrected chi connectivity index (χ2v) is 5.75. The molecule has 2 aromatic rings. The monoisotopic (exact) mass is 292 g/mol. The molecule has 1 heterocycles. The highest BCUT2D eigenvalue weighted by atomic mass is 35.5. The van der Waals surface area contributed by atoms with E-state index >= 15 is 0 Å². The fourth-order valence-electron chi connectivity index (χ4n) is 1.49. The van der Waals surface area contributed by atoms with Gasteiger partial charge in [0.05, 0.1) is 5.69 Å². The smallest absolute Gasteiger partial charge is 0.241 e. The van der Waals surface area contributed by atoms with E-state index < -0.39 is 0 Å². The molecule has 1 aromatic heterocycles. The van der Waals surface area contributed by atoms with E-state index in [9.17, 15) is 0 Å². The molecule has 0 aliphatic heterocycles. The van der Waals surface area contributed by atoms with Gasteiger partial charge in [0.1, 0.15) is 11.4 Å². The minimum Gasteiger partial charge on any atom is -0.470 e. The van der Waals surface area contributed by atoms with Crippen LogP contribution in [0.15, 0.2) is 36.4 Å². The summed E-state index contributed by atoms with van der Waals surface area (Å²) in [6.07, 6.45) is 0. The number of pyridine rings is 1. The second-order valence-electron chi connectivity index (χ2n) is 5.31. The van der Waals surface area contributed by atoms with Gasteiger partial charge in [-0.1, -0.05) is 11.6 Å². The summed E-state index contributed by atoms with van der Waals surface area (Å²) in [7, 11) is 0. The van der Waals surface area contributed by atoms with Crippen molar-refractivity contribution in [3.05, 3.63) is 41.4 Å². The normalized spacial score (nSPS) is 11.2. The molecule has 5 heteroatoms. The van der Waals surface area contributed by atoms with Crippen molar-refractivity contribution in [2.45, 2.75) is 26.4 Å². The van der Waals surface area contributed by atoms with Crippen molar-refractivity contribution in [1.29, 1.82) is 0 Å². The Morgan fingerprint density at radius 2 is 1.70 bits per heavy atom. The predicted octanol–water partition coefficient (Wildman–Crippen LogP) is 4.29. The Morgan fingerprint density at radius 1 is 1.05 bits per heavy atom. The molecule has 106 valence electrons. The summed E-state index contributed by atoms with van der Waals surface area (Å²) in [5, 5.41) is 0.652. The minimum absolute atomic E-state index is 0.365. The third kappa shape index (κ3) is 4.03. The van der Waals surface area contributed by atoms with Gasteiger partial charge in [0.25, 0.3) is 0 Å². The lowest BCUT2D eigenvalue weighted by molar-refractivity contribution is 0.124. The van der Waals surface area contributed by atoms with Crippen molar-refractivity contribution in [2.75, 3.05) is 5.73 Å². The average molecular weight is 293 g/mol. The van der Waals surface area contributed by atoms with Crippen LogP contribution in [0.1, 0.15) is 20.8 Å². The van der Waals surface area contributed by atoms with Crippen LogP contribution >= 0.6 is 11.6 Å². The topological polar surface area (TPSA) is 57.4 Å². The first-order chi connectivity index (χ1) is 9.33. The molecule has 0 fully saturated rings. The molecule has 0 bridgehead atoms. The lowest BCUT2D eigenvalue weighted by Crippen LogP contribution is -2.24. The molecule has 2 rings (SSSR count). The number of ether oxygens (including phenoxy) is 2. The number of nitrogens with two attached hydrogens (primary N) is 1. The molecule has 0 unspecified atom stereocenters. The first kappa shape index (κ1) is 14.5. The Bertz CT molecular complexity index is 592. The lowest BCUT2D eigenvalue weighted by atomic mass is 10.2. The molecular weight excluding hydrogens is 276 g/mol. The van der Waals surface area contributed by atoms with E-state index in [0.29, 0.717) is 28.2 Å². The zero-order valence-electron chi connectivity index (χ0n) is 11.7. The molecule has 0 aliphatic carbocycles. The molecule has 1 aromatic carbocycles. The first-order valence-corrected chi connectivity index (χ1v) is 6.60. The number of benzene rings is 1. The number of halogens is 1. The number of anilines is 1. The number of nitrogen functional groups attached to an aromatic ring is 1. The van der Waals surface area contributed by atoms with Crippen molar-refractivity contribution < 1.29 is 9.47 Å². The summed E-state index contributed by atoms with van der Waals surface area (Å²) in [6.45, 7) is 5.79. The Hall–Kier alpha value is -1.94. The van der Waals surface area contributed by atoms with Crippen molar-refractivity contribution in [1.82, 2.24) is 4.98 Å². The molecule has 0 spiro atoms. The van der Waals surface area contributed by atoms with Gasteiger partial charge in [0.2, 0.25) is 11.8 Å². The van der Waals surface area contributed by atoms with E-state index in [-0.39, 0.29) is 5.60 Å². The third-order valence-electron chi connectivity index (χ3n) is 2.30. The summed E-state index contributed by atoms with van der Waals surface area (Å²) in [5.41, 5.74) is 5.95. The van der Waals surface area contributed by atoms with Gasteiger partial charge in [0, 0.05) is 11.1 Å². The first-order valence-electron chi connectivity index (χ1n) is 6.22. The van der Waals surface area contributed by atoms with E-state index in [1.54, 1.807) is 36.4 Å². The highest BCUT2D eigenvalue weighted by Gasteiger charge is 2.16. The Balaban J connectivity index is 2.20. The van der Waals surface area contributed by atoms with Crippen molar-refractivity contribution in [2.24, 2.45) is 0 Å². The molecule has 0 radical (unpaired) electrons. The van der Waals surface area contributed by atoms with Crippen molar-refractivity contribution >= 4 is 17.3 Å². The number of hydrogen-bond donors (Lipinski definition) is 1. The van der Waals surface area contributed by atoms with Crippen LogP contribution in [-0.2, 0) is 0 Å². The van der Waals surface area contributed by atoms with Gasteiger partial charge >= 0.3 is 0 Å². The molecule has 0 aliphatic rings. The highest BCUT2D eigenvalue weighted by Crippen LogP contribution is 2.28. The molecule has 0 saturated carbocycles. The van der Waals surface area contributed by atoms with Crippen LogP contribution in [0.25, 0.3) is 0 Å². The standard InChI is InChI=1S/C15H17ClN2O2/c1-15(2,3)20-14-12(17)8-9-13(18-14)19-11-6-4-10(16)5-7-11/h4-9H,17H2,1-3H3. The van der Waals surface area contributed by atoms with Crippen LogP contribution in [0.5, 0.6) is 17.5 Å². The quantitative estimate of drug-likeness (QED) is 0.917. The zero-order valence-corrected chi connectivity index (χ0v) is 12.4. The lowest BCUT2D eigenvalue weighted by Gasteiger charge is -2.21. The molecule has 20 heavy (non-hydrogen) atoms. The van der Waals surface area contributed by atoms with Crippen LogP contribution in [0.4, 0.5) is 5.69 Å². The van der Waals surface area contributed by atoms with Crippen molar-refractivity contribution in [3.63, 3.8) is 0 Å². The maximum Gasteiger partial charge on any atom is 0.241 e. The van der Waals surface area contributed by atoms with Gasteiger partial charge in [-0.25, -0.2) is 0 Å². The van der Waals surface area contributed by atoms with Crippen LogP contribution < -0.4 is 15.2 Å². The maximum atomic E-state index is 5.85. The molecule has 0 saturated heterocycles. The van der Waals surface area contributed by atoms with Crippen LogP contribution in [0.2, 0.25) is 5.02 Å².